The van der Waals surface area contributed by atoms with Crippen LogP contribution in [0.25, 0.3) is 0 Å². The summed E-state index contributed by atoms with van der Waals surface area (Å²) in [6.07, 6.45) is 0.875. The summed E-state index contributed by atoms with van der Waals surface area (Å²) in [7, 11) is 0. The summed E-state index contributed by atoms with van der Waals surface area (Å²) in [4.78, 5) is 14.1. The van der Waals surface area contributed by atoms with Gasteiger partial charge in [-0.25, -0.2) is 0 Å². The van der Waals surface area contributed by atoms with Gasteiger partial charge in [-0.2, -0.15) is 0 Å². The van der Waals surface area contributed by atoms with E-state index < -0.39 is 6.10 Å². The Kier molecular flexibility index (Phi) is 2.94. The standard InChI is InChI=1S/C14H16ClNO2/c1-9(18-13-4-2-12(15)3-5-13)14(17)16-7-10-6-11(10)8-16/h2-5,9-11H,6-8H2,1H3. The van der Waals surface area contributed by atoms with Crippen LogP contribution in [-0.4, -0.2) is 30.0 Å². The fourth-order valence-electron chi connectivity index (χ4n) is 2.60. The quantitative estimate of drug-likeness (QED) is 0.841. The van der Waals surface area contributed by atoms with E-state index in [4.69, 9.17) is 16.3 Å². The molecule has 1 aliphatic carbocycles. The van der Waals surface area contributed by atoms with Crippen molar-refractivity contribution in [1.82, 2.24) is 4.90 Å². The van der Waals surface area contributed by atoms with Crippen molar-refractivity contribution in [3.8, 4) is 5.75 Å². The molecule has 1 amide bonds. The molecule has 1 aliphatic heterocycles. The zero-order valence-corrected chi connectivity index (χ0v) is 11.1. The van der Waals surface area contributed by atoms with Crippen LogP contribution in [0.5, 0.6) is 5.75 Å². The smallest absolute Gasteiger partial charge is 0.263 e. The number of piperidine rings is 1. The van der Waals surface area contributed by atoms with E-state index in [-0.39, 0.29) is 5.91 Å². The number of hydrogen-bond acceptors (Lipinski definition) is 2. The molecule has 3 unspecified atom stereocenters. The third kappa shape index (κ3) is 2.32. The minimum atomic E-state index is -0.427. The van der Waals surface area contributed by atoms with Gasteiger partial charge in [0.05, 0.1) is 0 Å². The normalized spacial score (nSPS) is 26.7. The average molecular weight is 266 g/mol. The van der Waals surface area contributed by atoms with E-state index in [0.29, 0.717) is 10.8 Å². The highest BCUT2D eigenvalue weighted by atomic mass is 35.5. The summed E-state index contributed by atoms with van der Waals surface area (Å²) in [6.45, 7) is 3.64. The molecule has 2 aliphatic rings. The molecule has 1 saturated carbocycles. The number of amides is 1. The molecule has 3 atom stereocenters. The molecular weight excluding hydrogens is 250 g/mol. The van der Waals surface area contributed by atoms with E-state index in [0.717, 1.165) is 24.9 Å². The lowest BCUT2D eigenvalue weighted by molar-refractivity contribution is -0.137. The molecular formula is C14H16ClNO2. The van der Waals surface area contributed by atoms with Crippen molar-refractivity contribution in [3.05, 3.63) is 29.3 Å². The maximum Gasteiger partial charge on any atom is 0.263 e. The Morgan fingerprint density at radius 2 is 1.94 bits per heavy atom. The van der Waals surface area contributed by atoms with Crippen molar-refractivity contribution in [2.75, 3.05) is 13.1 Å². The Morgan fingerprint density at radius 3 is 2.56 bits per heavy atom. The molecule has 1 aromatic carbocycles. The molecule has 96 valence electrons. The van der Waals surface area contributed by atoms with Gasteiger partial charge >= 0.3 is 0 Å². The highest BCUT2D eigenvalue weighted by molar-refractivity contribution is 6.30. The lowest BCUT2D eigenvalue weighted by Gasteiger charge is -2.22. The highest BCUT2D eigenvalue weighted by Gasteiger charge is 2.47. The van der Waals surface area contributed by atoms with E-state index in [1.807, 2.05) is 4.90 Å². The number of likely N-dealkylation sites (tertiary alicyclic amines) is 1. The molecule has 0 radical (unpaired) electrons. The van der Waals surface area contributed by atoms with Gasteiger partial charge in [0.25, 0.3) is 5.91 Å². The predicted octanol–water partition coefficient (Wildman–Crippen LogP) is 2.59. The van der Waals surface area contributed by atoms with E-state index in [1.165, 1.54) is 6.42 Å². The third-order valence-corrected chi connectivity index (χ3v) is 4.02. The number of hydrogen-bond donors (Lipinski definition) is 0. The van der Waals surface area contributed by atoms with Crippen molar-refractivity contribution in [1.29, 1.82) is 0 Å². The zero-order valence-electron chi connectivity index (χ0n) is 10.3. The minimum Gasteiger partial charge on any atom is -0.481 e. The number of carbonyl (C=O) groups excluding carboxylic acids is 1. The Balaban J connectivity index is 1.58. The summed E-state index contributed by atoms with van der Waals surface area (Å²) in [5.74, 6) is 2.30. The monoisotopic (exact) mass is 265 g/mol. The zero-order chi connectivity index (χ0) is 12.7. The lowest BCUT2D eigenvalue weighted by Crippen LogP contribution is -2.40. The van der Waals surface area contributed by atoms with Crippen LogP contribution in [0, 0.1) is 11.8 Å². The van der Waals surface area contributed by atoms with E-state index in [2.05, 4.69) is 0 Å². The van der Waals surface area contributed by atoms with Crippen molar-refractivity contribution in [2.24, 2.45) is 11.8 Å². The van der Waals surface area contributed by atoms with Crippen molar-refractivity contribution >= 4 is 17.5 Å². The fraction of sp³-hybridized carbons (Fsp3) is 0.500. The van der Waals surface area contributed by atoms with Crippen LogP contribution in [0.3, 0.4) is 0 Å². The van der Waals surface area contributed by atoms with Gasteiger partial charge in [0, 0.05) is 18.1 Å². The second-order valence-corrected chi connectivity index (χ2v) is 5.65. The summed E-state index contributed by atoms with van der Waals surface area (Å²) in [5.41, 5.74) is 0. The number of fused-ring (bicyclic) bond motifs is 1. The second kappa shape index (κ2) is 4.47. The van der Waals surface area contributed by atoms with Gasteiger partial charge in [0.2, 0.25) is 0 Å². The Morgan fingerprint density at radius 1 is 1.33 bits per heavy atom. The van der Waals surface area contributed by atoms with Crippen molar-refractivity contribution in [2.45, 2.75) is 19.4 Å². The fourth-order valence-corrected chi connectivity index (χ4v) is 2.73. The van der Waals surface area contributed by atoms with Crippen LogP contribution in [-0.2, 0) is 4.79 Å². The number of nitrogens with zero attached hydrogens (tertiary/aromatic N) is 1. The van der Waals surface area contributed by atoms with Crippen molar-refractivity contribution < 1.29 is 9.53 Å². The number of halogens is 1. The van der Waals surface area contributed by atoms with Crippen LogP contribution < -0.4 is 4.74 Å². The first-order chi connectivity index (χ1) is 8.63. The van der Waals surface area contributed by atoms with Crippen LogP contribution >= 0.6 is 11.6 Å². The highest BCUT2D eigenvalue weighted by Crippen LogP contribution is 2.45. The van der Waals surface area contributed by atoms with Crippen LogP contribution in [0.1, 0.15) is 13.3 Å². The Hall–Kier alpha value is -1.22. The molecule has 0 N–H and O–H groups in total. The van der Waals surface area contributed by atoms with Gasteiger partial charge in [-0.3, -0.25) is 4.79 Å². The lowest BCUT2D eigenvalue weighted by atomic mass is 10.3. The van der Waals surface area contributed by atoms with E-state index in [1.54, 1.807) is 31.2 Å². The van der Waals surface area contributed by atoms with Gasteiger partial charge in [0.15, 0.2) is 6.10 Å². The molecule has 18 heavy (non-hydrogen) atoms. The largest absolute Gasteiger partial charge is 0.481 e. The van der Waals surface area contributed by atoms with Gasteiger partial charge in [-0.15, -0.1) is 0 Å². The van der Waals surface area contributed by atoms with Crippen molar-refractivity contribution in [3.63, 3.8) is 0 Å². The molecule has 0 bridgehead atoms. The first-order valence-electron chi connectivity index (χ1n) is 6.34. The van der Waals surface area contributed by atoms with Gasteiger partial charge in [-0.05, 0) is 49.4 Å². The molecule has 3 nitrogen and oxygen atoms in total. The van der Waals surface area contributed by atoms with Crippen LogP contribution in [0.2, 0.25) is 5.02 Å². The molecule has 1 saturated heterocycles. The number of benzene rings is 1. The van der Waals surface area contributed by atoms with Gasteiger partial charge < -0.3 is 9.64 Å². The number of rotatable bonds is 3. The minimum absolute atomic E-state index is 0.0946. The Bertz CT molecular complexity index is 449. The molecule has 4 heteroatoms. The first kappa shape index (κ1) is 11.8. The molecule has 1 heterocycles. The van der Waals surface area contributed by atoms with Gasteiger partial charge in [0.1, 0.15) is 5.75 Å². The van der Waals surface area contributed by atoms with E-state index in [9.17, 15) is 4.79 Å². The van der Waals surface area contributed by atoms with E-state index >= 15 is 0 Å². The molecule has 0 aromatic heterocycles. The summed E-state index contributed by atoms with van der Waals surface area (Å²) in [5, 5.41) is 0.668. The predicted molar refractivity (Wildman–Crippen MR) is 69.7 cm³/mol. The molecule has 0 spiro atoms. The maximum absolute atomic E-state index is 12.2. The molecule has 3 rings (SSSR count). The third-order valence-electron chi connectivity index (χ3n) is 3.76. The van der Waals surface area contributed by atoms with Gasteiger partial charge in [-0.1, -0.05) is 11.6 Å². The second-order valence-electron chi connectivity index (χ2n) is 5.21. The van der Waals surface area contributed by atoms with Crippen LogP contribution in [0.4, 0.5) is 0 Å². The maximum atomic E-state index is 12.2. The molecule has 2 fully saturated rings. The number of ether oxygens (including phenoxy) is 1. The van der Waals surface area contributed by atoms with Crippen LogP contribution in [0.15, 0.2) is 24.3 Å². The first-order valence-corrected chi connectivity index (χ1v) is 6.72. The SMILES string of the molecule is CC(Oc1ccc(Cl)cc1)C(=O)N1CC2CC2C1. The summed E-state index contributed by atoms with van der Waals surface area (Å²) < 4.78 is 5.64. The number of carbonyl (C=O) groups is 1. The Labute approximate surface area is 112 Å². The average Bonchev–Trinajstić information content (AvgIpc) is 2.98. The topological polar surface area (TPSA) is 29.5 Å². The summed E-state index contributed by atoms with van der Waals surface area (Å²) in [6, 6.07) is 7.10. The molecule has 1 aromatic rings. The summed E-state index contributed by atoms with van der Waals surface area (Å²) >= 11 is 5.80.